The molecule has 1 aliphatic heterocycles. The summed E-state index contributed by atoms with van der Waals surface area (Å²) < 4.78 is 6.40. The van der Waals surface area contributed by atoms with E-state index < -0.39 is 0 Å². The van der Waals surface area contributed by atoms with E-state index in [-0.39, 0.29) is 12.1 Å². The number of benzene rings is 2. The largest absolute Gasteiger partial charge is 0.459 e. The molecule has 1 saturated heterocycles. The maximum absolute atomic E-state index is 6.40. The van der Waals surface area contributed by atoms with E-state index >= 15 is 0 Å². The second kappa shape index (κ2) is 8.41. The van der Waals surface area contributed by atoms with Gasteiger partial charge in [-0.3, -0.25) is 4.98 Å². The van der Waals surface area contributed by atoms with E-state index in [4.69, 9.17) is 28.2 Å². The Labute approximate surface area is 197 Å². The first-order chi connectivity index (χ1) is 15.5. The Morgan fingerprint density at radius 3 is 2.62 bits per heavy atom. The van der Waals surface area contributed by atoms with E-state index in [2.05, 4.69) is 40.3 Å². The molecule has 5 rings (SSSR count). The van der Waals surface area contributed by atoms with E-state index in [0.717, 1.165) is 39.1 Å². The molecule has 2 atom stereocenters. The molecule has 0 aliphatic carbocycles. The lowest BCUT2D eigenvalue weighted by Gasteiger charge is -2.26. The fraction of sp³-hybridized carbons (Fsp3) is 0.154. The molecular weight excluding hydrogens is 438 g/mol. The standard InChI is InChI=1S/C26H22ClN3OS/c1-16-6-5-7-19(14-16)30-25(24(29-26(30)32)21-8-3-4-13-28-21)23-12-11-22(31-23)18-10-9-17(2)20(27)15-18/h3-15,24-25H,1-2H3,(H,29,32). The van der Waals surface area contributed by atoms with Crippen molar-refractivity contribution in [3.8, 4) is 11.3 Å². The number of thiocarbonyl (C=S) groups is 1. The van der Waals surface area contributed by atoms with Crippen LogP contribution in [0, 0.1) is 13.8 Å². The number of halogens is 1. The summed E-state index contributed by atoms with van der Waals surface area (Å²) >= 11 is 12.1. The van der Waals surface area contributed by atoms with Crippen LogP contribution in [0.5, 0.6) is 0 Å². The van der Waals surface area contributed by atoms with Crippen molar-refractivity contribution in [3.63, 3.8) is 0 Å². The molecule has 1 N–H and O–H groups in total. The first-order valence-corrected chi connectivity index (χ1v) is 11.2. The van der Waals surface area contributed by atoms with Gasteiger partial charge in [0, 0.05) is 22.5 Å². The van der Waals surface area contributed by atoms with Gasteiger partial charge in [0.05, 0.1) is 11.7 Å². The van der Waals surface area contributed by atoms with E-state index in [1.165, 1.54) is 5.56 Å². The van der Waals surface area contributed by atoms with Crippen LogP contribution < -0.4 is 10.2 Å². The average molecular weight is 460 g/mol. The highest BCUT2D eigenvalue weighted by Gasteiger charge is 2.42. The highest BCUT2D eigenvalue weighted by atomic mass is 35.5. The van der Waals surface area contributed by atoms with Gasteiger partial charge in [-0.25, -0.2) is 0 Å². The number of nitrogens with one attached hydrogen (secondary N) is 1. The van der Waals surface area contributed by atoms with Gasteiger partial charge in [-0.15, -0.1) is 0 Å². The number of anilines is 1. The maximum Gasteiger partial charge on any atom is 0.174 e. The zero-order chi connectivity index (χ0) is 22.2. The molecule has 3 heterocycles. The fourth-order valence-electron chi connectivity index (χ4n) is 4.11. The topological polar surface area (TPSA) is 41.3 Å². The van der Waals surface area contributed by atoms with Gasteiger partial charge in [0.2, 0.25) is 0 Å². The number of hydrogen-bond acceptors (Lipinski definition) is 3. The van der Waals surface area contributed by atoms with Crippen LogP contribution in [0.3, 0.4) is 0 Å². The Morgan fingerprint density at radius 1 is 1.00 bits per heavy atom. The smallest absolute Gasteiger partial charge is 0.174 e. The van der Waals surface area contributed by atoms with Gasteiger partial charge >= 0.3 is 0 Å². The van der Waals surface area contributed by atoms with Gasteiger partial charge in [-0.05, 0) is 79.7 Å². The SMILES string of the molecule is Cc1cccc(N2C(=S)NC(c3ccccn3)C2c2ccc(-c3ccc(C)c(Cl)c3)o2)c1. The number of nitrogens with zero attached hydrogens (tertiary/aromatic N) is 2. The number of aromatic nitrogens is 1. The number of rotatable bonds is 4. The minimum atomic E-state index is -0.186. The van der Waals surface area contributed by atoms with Crippen LogP contribution in [0.1, 0.15) is 34.7 Å². The van der Waals surface area contributed by atoms with Gasteiger partial charge < -0.3 is 14.6 Å². The first-order valence-electron chi connectivity index (χ1n) is 10.4. The predicted molar refractivity (Wildman–Crippen MR) is 133 cm³/mol. The van der Waals surface area contributed by atoms with Crippen molar-refractivity contribution in [2.24, 2.45) is 0 Å². The lowest BCUT2D eigenvalue weighted by atomic mass is 10.0. The molecule has 0 amide bonds. The third kappa shape index (κ3) is 3.78. The molecule has 2 unspecified atom stereocenters. The summed E-state index contributed by atoms with van der Waals surface area (Å²) in [6.45, 7) is 4.06. The minimum Gasteiger partial charge on any atom is -0.459 e. The summed E-state index contributed by atoms with van der Waals surface area (Å²) in [5, 5.41) is 4.83. The van der Waals surface area contributed by atoms with Crippen LogP contribution in [0.4, 0.5) is 5.69 Å². The van der Waals surface area contributed by atoms with Crippen LogP contribution in [-0.2, 0) is 0 Å². The second-order valence-electron chi connectivity index (χ2n) is 8.00. The minimum absolute atomic E-state index is 0.148. The van der Waals surface area contributed by atoms with Gasteiger partial charge in [-0.2, -0.15) is 0 Å². The van der Waals surface area contributed by atoms with Crippen molar-refractivity contribution >= 4 is 34.6 Å². The summed E-state index contributed by atoms with van der Waals surface area (Å²) in [7, 11) is 0. The summed E-state index contributed by atoms with van der Waals surface area (Å²) in [5.41, 5.74) is 5.07. The van der Waals surface area contributed by atoms with Crippen LogP contribution in [0.15, 0.2) is 83.4 Å². The fourth-order valence-corrected chi connectivity index (χ4v) is 4.64. The lowest BCUT2D eigenvalue weighted by molar-refractivity contribution is 0.439. The normalized spacial score (nSPS) is 18.1. The Hall–Kier alpha value is -3.15. The highest BCUT2D eigenvalue weighted by molar-refractivity contribution is 7.80. The van der Waals surface area contributed by atoms with Crippen LogP contribution in [0.25, 0.3) is 11.3 Å². The van der Waals surface area contributed by atoms with Crippen LogP contribution >= 0.6 is 23.8 Å². The molecule has 2 aromatic heterocycles. The van der Waals surface area contributed by atoms with Gasteiger partial charge in [-0.1, -0.05) is 41.9 Å². The number of furan rings is 1. The third-order valence-corrected chi connectivity index (χ3v) is 6.47. The number of hydrogen-bond donors (Lipinski definition) is 1. The lowest BCUT2D eigenvalue weighted by Crippen LogP contribution is -2.29. The van der Waals surface area contributed by atoms with Crippen molar-refractivity contribution in [3.05, 3.63) is 107 Å². The molecule has 6 heteroatoms. The monoisotopic (exact) mass is 459 g/mol. The van der Waals surface area contributed by atoms with E-state index in [1.54, 1.807) is 6.20 Å². The summed E-state index contributed by atoms with van der Waals surface area (Å²) in [4.78, 5) is 6.71. The molecule has 0 spiro atoms. The van der Waals surface area contributed by atoms with E-state index in [9.17, 15) is 0 Å². The van der Waals surface area contributed by atoms with Crippen molar-refractivity contribution in [2.45, 2.75) is 25.9 Å². The molecule has 4 aromatic rings. The van der Waals surface area contributed by atoms with Gasteiger partial charge in [0.25, 0.3) is 0 Å². The number of pyridine rings is 1. The van der Waals surface area contributed by atoms with E-state index in [1.807, 2.05) is 61.5 Å². The summed E-state index contributed by atoms with van der Waals surface area (Å²) in [5.74, 6) is 1.57. The second-order valence-corrected chi connectivity index (χ2v) is 8.80. The summed E-state index contributed by atoms with van der Waals surface area (Å²) in [6.07, 6.45) is 1.80. The summed E-state index contributed by atoms with van der Waals surface area (Å²) in [6, 6.07) is 23.9. The molecule has 0 radical (unpaired) electrons. The molecule has 4 nitrogen and oxygen atoms in total. The predicted octanol–water partition coefficient (Wildman–Crippen LogP) is 6.79. The Bertz CT molecular complexity index is 1290. The van der Waals surface area contributed by atoms with Crippen molar-refractivity contribution in [1.82, 2.24) is 10.3 Å². The third-order valence-electron chi connectivity index (χ3n) is 5.75. The van der Waals surface area contributed by atoms with Crippen molar-refractivity contribution in [2.75, 3.05) is 4.90 Å². The molecule has 1 fully saturated rings. The molecule has 0 bridgehead atoms. The molecule has 1 aliphatic rings. The zero-order valence-electron chi connectivity index (χ0n) is 17.7. The Kier molecular flexibility index (Phi) is 5.45. The van der Waals surface area contributed by atoms with Gasteiger partial charge in [0.1, 0.15) is 17.6 Å². The van der Waals surface area contributed by atoms with Crippen molar-refractivity contribution < 1.29 is 4.42 Å². The maximum atomic E-state index is 6.40. The first kappa shape index (κ1) is 20.7. The quantitative estimate of drug-likeness (QED) is 0.340. The molecule has 2 aromatic carbocycles. The highest BCUT2D eigenvalue weighted by Crippen LogP contribution is 2.43. The molecule has 0 saturated carbocycles. The zero-order valence-corrected chi connectivity index (χ0v) is 19.3. The van der Waals surface area contributed by atoms with Gasteiger partial charge in [0.15, 0.2) is 5.11 Å². The van der Waals surface area contributed by atoms with Crippen LogP contribution in [-0.4, -0.2) is 10.1 Å². The van der Waals surface area contributed by atoms with Crippen molar-refractivity contribution in [1.29, 1.82) is 0 Å². The van der Waals surface area contributed by atoms with E-state index in [0.29, 0.717) is 5.11 Å². The Balaban J connectivity index is 1.60. The average Bonchev–Trinajstić information content (AvgIpc) is 3.41. The molecule has 32 heavy (non-hydrogen) atoms. The molecular formula is C26H22ClN3OS. The molecule has 160 valence electrons. The number of aryl methyl sites for hydroxylation is 2. The van der Waals surface area contributed by atoms with Crippen LogP contribution in [0.2, 0.25) is 5.02 Å². The Morgan fingerprint density at radius 2 is 1.88 bits per heavy atom.